The summed E-state index contributed by atoms with van der Waals surface area (Å²) in [5.74, 6) is -0.496. The van der Waals surface area contributed by atoms with E-state index in [4.69, 9.17) is 21.1 Å². The molecule has 0 spiro atoms. The Labute approximate surface area is 141 Å². The molecule has 1 amide bonds. The summed E-state index contributed by atoms with van der Waals surface area (Å²) < 4.78 is 11.5. The highest BCUT2D eigenvalue weighted by Gasteiger charge is 2.42. The number of phenolic OH excluding ortho intramolecular Hbond substituents is 1. The van der Waals surface area contributed by atoms with Gasteiger partial charge in [-0.3, -0.25) is 4.79 Å². The SMILES string of the molecule is Cc1cc(O)c(Cl)cc1C(=O)N1CCCC(C2(C)OCCO2)C1. The van der Waals surface area contributed by atoms with Crippen LogP contribution in [0.15, 0.2) is 12.1 Å². The van der Waals surface area contributed by atoms with Crippen molar-refractivity contribution in [1.29, 1.82) is 0 Å². The zero-order valence-electron chi connectivity index (χ0n) is 13.5. The van der Waals surface area contributed by atoms with Gasteiger partial charge in [-0.05, 0) is 44.4 Å². The van der Waals surface area contributed by atoms with Gasteiger partial charge in [-0.15, -0.1) is 0 Å². The van der Waals surface area contributed by atoms with Crippen LogP contribution in [0.5, 0.6) is 5.75 Å². The van der Waals surface area contributed by atoms with Crippen LogP contribution in [0, 0.1) is 12.8 Å². The second-order valence-electron chi connectivity index (χ2n) is 6.42. The van der Waals surface area contributed by atoms with Gasteiger partial charge in [0.05, 0.1) is 18.2 Å². The van der Waals surface area contributed by atoms with Gasteiger partial charge in [-0.1, -0.05) is 11.6 Å². The first-order valence-corrected chi connectivity index (χ1v) is 8.35. The predicted molar refractivity (Wildman–Crippen MR) is 86.8 cm³/mol. The van der Waals surface area contributed by atoms with E-state index in [1.807, 2.05) is 11.8 Å². The Hall–Kier alpha value is -1.30. The number of hydrogen-bond acceptors (Lipinski definition) is 4. The maximum Gasteiger partial charge on any atom is 0.254 e. The molecule has 2 aliphatic rings. The van der Waals surface area contributed by atoms with Crippen LogP contribution in [0.2, 0.25) is 5.02 Å². The Morgan fingerprint density at radius 3 is 2.78 bits per heavy atom. The maximum atomic E-state index is 12.9. The van der Waals surface area contributed by atoms with Gasteiger partial charge in [0.1, 0.15) is 5.75 Å². The number of benzene rings is 1. The summed E-state index contributed by atoms with van der Waals surface area (Å²) in [4.78, 5) is 14.7. The van der Waals surface area contributed by atoms with Crippen molar-refractivity contribution in [3.05, 3.63) is 28.3 Å². The van der Waals surface area contributed by atoms with Crippen molar-refractivity contribution in [2.75, 3.05) is 26.3 Å². The molecule has 1 unspecified atom stereocenters. The van der Waals surface area contributed by atoms with E-state index in [0.29, 0.717) is 31.9 Å². The number of carbonyl (C=O) groups is 1. The average molecular weight is 340 g/mol. The molecular weight excluding hydrogens is 318 g/mol. The highest BCUT2D eigenvalue weighted by Crippen LogP contribution is 2.35. The third kappa shape index (κ3) is 3.18. The second kappa shape index (κ2) is 6.30. The number of rotatable bonds is 2. The van der Waals surface area contributed by atoms with Gasteiger partial charge in [0.25, 0.3) is 5.91 Å². The molecule has 0 saturated carbocycles. The normalized spacial score (nSPS) is 24.0. The van der Waals surface area contributed by atoms with E-state index in [9.17, 15) is 9.90 Å². The fourth-order valence-electron chi connectivity index (χ4n) is 3.42. The van der Waals surface area contributed by atoms with Crippen LogP contribution >= 0.6 is 11.6 Å². The van der Waals surface area contributed by atoms with E-state index in [0.717, 1.165) is 18.4 Å². The molecule has 126 valence electrons. The summed E-state index contributed by atoms with van der Waals surface area (Å²) in [6.07, 6.45) is 1.90. The Kier molecular flexibility index (Phi) is 4.54. The summed E-state index contributed by atoms with van der Waals surface area (Å²) >= 11 is 5.96. The molecule has 1 atom stereocenters. The van der Waals surface area contributed by atoms with Gasteiger partial charge in [0, 0.05) is 24.6 Å². The number of nitrogens with zero attached hydrogens (tertiary/aromatic N) is 1. The molecule has 3 rings (SSSR count). The van der Waals surface area contributed by atoms with Crippen molar-refractivity contribution in [3.63, 3.8) is 0 Å². The highest BCUT2D eigenvalue weighted by atomic mass is 35.5. The predicted octanol–water partition coefficient (Wildman–Crippen LogP) is 2.97. The summed E-state index contributed by atoms with van der Waals surface area (Å²) in [7, 11) is 0. The van der Waals surface area contributed by atoms with Crippen molar-refractivity contribution in [2.45, 2.75) is 32.5 Å². The van der Waals surface area contributed by atoms with Crippen LogP contribution in [0.4, 0.5) is 0 Å². The molecule has 2 aliphatic heterocycles. The number of likely N-dealkylation sites (tertiary alicyclic amines) is 1. The van der Waals surface area contributed by atoms with Crippen LogP contribution in [0.1, 0.15) is 35.7 Å². The van der Waals surface area contributed by atoms with Crippen LogP contribution < -0.4 is 0 Å². The van der Waals surface area contributed by atoms with E-state index in [2.05, 4.69) is 0 Å². The quantitative estimate of drug-likeness (QED) is 0.900. The number of carbonyl (C=O) groups excluding carboxylic acids is 1. The van der Waals surface area contributed by atoms with E-state index in [-0.39, 0.29) is 22.6 Å². The minimum atomic E-state index is -0.597. The minimum absolute atomic E-state index is 0.00231. The lowest BCUT2D eigenvalue weighted by molar-refractivity contribution is -0.189. The number of piperidine rings is 1. The number of ether oxygens (including phenoxy) is 2. The lowest BCUT2D eigenvalue weighted by Crippen LogP contribution is -2.48. The summed E-state index contributed by atoms with van der Waals surface area (Å²) in [6.45, 7) is 6.29. The van der Waals surface area contributed by atoms with Gasteiger partial charge in [-0.25, -0.2) is 0 Å². The third-order valence-corrected chi connectivity index (χ3v) is 5.14. The molecule has 0 radical (unpaired) electrons. The molecule has 6 heteroatoms. The molecule has 2 fully saturated rings. The molecule has 2 heterocycles. The van der Waals surface area contributed by atoms with E-state index < -0.39 is 5.79 Å². The lowest BCUT2D eigenvalue weighted by Gasteiger charge is -2.40. The molecule has 2 saturated heterocycles. The summed E-state index contributed by atoms with van der Waals surface area (Å²) in [5.41, 5.74) is 1.26. The summed E-state index contributed by atoms with van der Waals surface area (Å²) in [6, 6.07) is 3.07. The summed E-state index contributed by atoms with van der Waals surface area (Å²) in [5, 5.41) is 9.84. The van der Waals surface area contributed by atoms with Gasteiger partial charge < -0.3 is 19.5 Å². The van der Waals surface area contributed by atoms with Crippen molar-refractivity contribution >= 4 is 17.5 Å². The lowest BCUT2D eigenvalue weighted by atomic mass is 9.90. The largest absolute Gasteiger partial charge is 0.506 e. The van der Waals surface area contributed by atoms with Gasteiger partial charge in [0.2, 0.25) is 0 Å². The van der Waals surface area contributed by atoms with Crippen LogP contribution in [-0.2, 0) is 9.47 Å². The Morgan fingerprint density at radius 2 is 2.09 bits per heavy atom. The first-order valence-electron chi connectivity index (χ1n) is 7.97. The van der Waals surface area contributed by atoms with Gasteiger partial charge in [-0.2, -0.15) is 0 Å². The van der Waals surface area contributed by atoms with Crippen LogP contribution in [0.3, 0.4) is 0 Å². The first-order chi connectivity index (χ1) is 10.9. The number of halogens is 1. The minimum Gasteiger partial charge on any atom is -0.506 e. The van der Waals surface area contributed by atoms with Crippen molar-refractivity contribution in [3.8, 4) is 5.75 Å². The molecule has 1 aromatic carbocycles. The Morgan fingerprint density at radius 1 is 1.39 bits per heavy atom. The van der Waals surface area contributed by atoms with E-state index >= 15 is 0 Å². The van der Waals surface area contributed by atoms with Crippen molar-refractivity contribution < 1.29 is 19.4 Å². The molecule has 1 aromatic rings. The Bertz CT molecular complexity index is 613. The second-order valence-corrected chi connectivity index (χ2v) is 6.83. The molecule has 5 nitrogen and oxygen atoms in total. The first kappa shape index (κ1) is 16.6. The molecule has 0 bridgehead atoms. The maximum absolute atomic E-state index is 12.9. The van der Waals surface area contributed by atoms with E-state index in [1.165, 1.54) is 6.07 Å². The molecule has 0 aliphatic carbocycles. The standard InChI is InChI=1S/C17H22ClNO4/c1-11-8-15(20)14(18)9-13(11)16(21)19-5-3-4-12(10-19)17(2)22-6-7-23-17/h8-9,12,20H,3-7,10H2,1-2H3. The zero-order chi connectivity index (χ0) is 16.6. The molecular formula is C17H22ClNO4. The van der Waals surface area contributed by atoms with Crippen molar-refractivity contribution in [2.24, 2.45) is 5.92 Å². The van der Waals surface area contributed by atoms with Crippen LogP contribution in [0.25, 0.3) is 0 Å². The molecule has 0 aromatic heterocycles. The van der Waals surface area contributed by atoms with Crippen molar-refractivity contribution in [1.82, 2.24) is 4.90 Å². The monoisotopic (exact) mass is 339 g/mol. The van der Waals surface area contributed by atoms with Gasteiger partial charge in [0.15, 0.2) is 5.79 Å². The average Bonchev–Trinajstić information content (AvgIpc) is 2.98. The van der Waals surface area contributed by atoms with E-state index in [1.54, 1.807) is 13.0 Å². The molecule has 1 N–H and O–H groups in total. The highest BCUT2D eigenvalue weighted by molar-refractivity contribution is 6.32. The van der Waals surface area contributed by atoms with Crippen LogP contribution in [-0.4, -0.2) is 48.0 Å². The number of aromatic hydroxyl groups is 1. The number of amides is 1. The number of hydrogen-bond donors (Lipinski definition) is 1. The number of phenols is 1. The fraction of sp³-hybridized carbons (Fsp3) is 0.588. The topological polar surface area (TPSA) is 59.0 Å². The zero-order valence-corrected chi connectivity index (χ0v) is 14.2. The van der Waals surface area contributed by atoms with Gasteiger partial charge >= 0.3 is 0 Å². The number of aryl methyl sites for hydroxylation is 1. The fourth-order valence-corrected chi connectivity index (χ4v) is 3.59. The third-order valence-electron chi connectivity index (χ3n) is 4.84. The molecule has 23 heavy (non-hydrogen) atoms. The Balaban J connectivity index is 1.78. The smallest absolute Gasteiger partial charge is 0.254 e.